The second kappa shape index (κ2) is 12.5. The van der Waals surface area contributed by atoms with Crippen molar-refractivity contribution in [2.24, 2.45) is 11.7 Å². The van der Waals surface area contributed by atoms with Gasteiger partial charge in [-0.15, -0.1) is 0 Å². The van der Waals surface area contributed by atoms with Gasteiger partial charge in [0.1, 0.15) is 17.6 Å². The Morgan fingerprint density at radius 2 is 1.86 bits per heavy atom. The molecule has 0 bridgehead atoms. The molecule has 0 radical (unpaired) electrons. The molecule has 2 amide bonds. The number of ether oxygens (including phenoxy) is 1. The quantitative estimate of drug-likeness (QED) is 0.437. The van der Waals surface area contributed by atoms with Gasteiger partial charge in [0, 0.05) is 31.5 Å². The Bertz CT molecular complexity index is 1060. The number of carboxylic acid groups (broad SMARTS) is 1. The second-order valence-corrected chi connectivity index (χ2v) is 9.49. The summed E-state index contributed by atoms with van der Waals surface area (Å²) < 4.78 is 19.4. The van der Waals surface area contributed by atoms with Crippen LogP contribution in [0.1, 0.15) is 44.2 Å². The summed E-state index contributed by atoms with van der Waals surface area (Å²) in [6.07, 6.45) is 0.624. The summed E-state index contributed by atoms with van der Waals surface area (Å²) >= 11 is 0. The molecular formula is C27H34FN3O5. The monoisotopic (exact) mass is 499 g/mol. The van der Waals surface area contributed by atoms with Crippen LogP contribution < -0.4 is 15.8 Å². The zero-order valence-corrected chi connectivity index (χ0v) is 20.7. The summed E-state index contributed by atoms with van der Waals surface area (Å²) in [5, 5.41) is 12.1. The molecule has 36 heavy (non-hydrogen) atoms. The topological polar surface area (TPSA) is 122 Å². The van der Waals surface area contributed by atoms with Crippen LogP contribution in [0.4, 0.5) is 4.39 Å². The number of nitrogens with one attached hydrogen (secondary N) is 1. The first kappa shape index (κ1) is 27.1. The van der Waals surface area contributed by atoms with Gasteiger partial charge in [-0.3, -0.25) is 9.59 Å². The molecule has 1 aliphatic heterocycles. The molecule has 1 fully saturated rings. The first-order valence-corrected chi connectivity index (χ1v) is 12.2. The van der Waals surface area contributed by atoms with Crippen molar-refractivity contribution in [3.05, 3.63) is 65.5 Å². The van der Waals surface area contributed by atoms with E-state index in [1.54, 1.807) is 61.2 Å². The van der Waals surface area contributed by atoms with Crippen LogP contribution in [0.2, 0.25) is 0 Å². The van der Waals surface area contributed by atoms with Crippen LogP contribution in [0.3, 0.4) is 0 Å². The molecule has 3 atom stereocenters. The summed E-state index contributed by atoms with van der Waals surface area (Å²) in [6.45, 7) is 4.29. The molecule has 194 valence electrons. The van der Waals surface area contributed by atoms with Crippen LogP contribution in [0.25, 0.3) is 0 Å². The first-order valence-electron chi connectivity index (χ1n) is 12.2. The van der Waals surface area contributed by atoms with Gasteiger partial charge in [-0.25, -0.2) is 9.18 Å². The molecule has 8 nitrogen and oxygen atoms in total. The highest BCUT2D eigenvalue weighted by Crippen LogP contribution is 2.21. The summed E-state index contributed by atoms with van der Waals surface area (Å²) in [6, 6.07) is 12.1. The van der Waals surface area contributed by atoms with Crippen molar-refractivity contribution >= 4 is 17.8 Å². The SMILES string of the molecule is CC(C)C(Oc1ccc(CNC(=O)[C@@H]2CCCN2C(=O)CC(N)Cc2ccccc2F)cc1)C(=O)O. The lowest BCUT2D eigenvalue weighted by Crippen LogP contribution is -2.47. The van der Waals surface area contributed by atoms with Crippen molar-refractivity contribution in [3.8, 4) is 5.75 Å². The predicted octanol–water partition coefficient (Wildman–Crippen LogP) is 2.88. The lowest BCUT2D eigenvalue weighted by molar-refractivity contribution is -0.147. The number of rotatable bonds is 11. The zero-order chi connectivity index (χ0) is 26.2. The molecule has 2 aromatic rings. The number of amides is 2. The smallest absolute Gasteiger partial charge is 0.345 e. The lowest BCUT2D eigenvalue weighted by atomic mass is 10.0. The minimum Gasteiger partial charge on any atom is -0.478 e. The number of nitrogens with zero attached hydrogens (tertiary/aromatic N) is 1. The lowest BCUT2D eigenvalue weighted by Gasteiger charge is -2.25. The minimum absolute atomic E-state index is 0.0350. The number of aliphatic carboxylic acids is 1. The van der Waals surface area contributed by atoms with Crippen LogP contribution in [0, 0.1) is 11.7 Å². The standard InChI is InChI=1S/C27H34FN3O5/c1-17(2)25(27(34)35)36-21-11-9-18(10-12-21)16-30-26(33)23-8-5-13-31(23)24(32)15-20(29)14-19-6-3-4-7-22(19)28/h3-4,6-7,9-12,17,20,23,25H,5,8,13-16,29H2,1-2H3,(H,30,33)(H,34,35)/t20?,23-,25?/m0/s1. The van der Waals surface area contributed by atoms with Gasteiger partial charge in [-0.1, -0.05) is 44.2 Å². The molecule has 9 heteroatoms. The second-order valence-electron chi connectivity index (χ2n) is 9.49. The Balaban J connectivity index is 1.51. The summed E-state index contributed by atoms with van der Waals surface area (Å²) in [5.41, 5.74) is 7.40. The number of carboxylic acids is 1. The number of hydrogen-bond acceptors (Lipinski definition) is 5. The molecule has 3 rings (SSSR count). The number of carbonyl (C=O) groups is 3. The van der Waals surface area contributed by atoms with E-state index in [-0.39, 0.29) is 42.9 Å². The fourth-order valence-electron chi connectivity index (χ4n) is 4.31. The van der Waals surface area contributed by atoms with E-state index < -0.39 is 24.2 Å². The zero-order valence-electron chi connectivity index (χ0n) is 20.7. The van der Waals surface area contributed by atoms with Crippen LogP contribution in [0.5, 0.6) is 5.75 Å². The van der Waals surface area contributed by atoms with Crippen molar-refractivity contribution in [1.82, 2.24) is 10.2 Å². The number of carbonyl (C=O) groups excluding carboxylic acids is 2. The highest BCUT2D eigenvalue weighted by Gasteiger charge is 2.34. The molecule has 2 unspecified atom stereocenters. The molecule has 2 aromatic carbocycles. The molecule has 1 aliphatic rings. The van der Waals surface area contributed by atoms with Gasteiger partial charge >= 0.3 is 5.97 Å². The van der Waals surface area contributed by atoms with Gasteiger partial charge < -0.3 is 25.8 Å². The van der Waals surface area contributed by atoms with E-state index in [0.29, 0.717) is 24.3 Å². The van der Waals surface area contributed by atoms with E-state index in [0.717, 1.165) is 12.0 Å². The van der Waals surface area contributed by atoms with Crippen molar-refractivity contribution < 1.29 is 28.6 Å². The van der Waals surface area contributed by atoms with E-state index in [9.17, 15) is 23.9 Å². The first-order chi connectivity index (χ1) is 17.2. The molecule has 0 aromatic heterocycles. The highest BCUT2D eigenvalue weighted by atomic mass is 19.1. The molecule has 1 saturated heterocycles. The third-order valence-electron chi connectivity index (χ3n) is 6.25. The number of benzene rings is 2. The molecule has 1 heterocycles. The molecule has 0 aliphatic carbocycles. The fourth-order valence-corrected chi connectivity index (χ4v) is 4.31. The van der Waals surface area contributed by atoms with E-state index in [1.165, 1.54) is 6.07 Å². The van der Waals surface area contributed by atoms with Gasteiger partial charge in [0.15, 0.2) is 6.10 Å². The van der Waals surface area contributed by atoms with Crippen molar-refractivity contribution in [3.63, 3.8) is 0 Å². The maximum Gasteiger partial charge on any atom is 0.345 e. The van der Waals surface area contributed by atoms with E-state index in [2.05, 4.69) is 5.32 Å². The summed E-state index contributed by atoms with van der Waals surface area (Å²) in [7, 11) is 0. The predicted molar refractivity (Wildman–Crippen MR) is 133 cm³/mol. The maximum atomic E-state index is 13.9. The Labute approximate surface area is 210 Å². The van der Waals surface area contributed by atoms with Gasteiger partial charge in [0.2, 0.25) is 11.8 Å². The normalized spacial score (nSPS) is 17.0. The number of halogens is 1. The summed E-state index contributed by atoms with van der Waals surface area (Å²) in [4.78, 5) is 38.6. The molecule has 0 spiro atoms. The van der Waals surface area contributed by atoms with Crippen molar-refractivity contribution in [1.29, 1.82) is 0 Å². The van der Waals surface area contributed by atoms with E-state index in [1.807, 2.05) is 0 Å². The number of nitrogens with two attached hydrogens (primary N) is 1. The highest BCUT2D eigenvalue weighted by molar-refractivity contribution is 5.88. The summed E-state index contributed by atoms with van der Waals surface area (Å²) in [5.74, 6) is -1.57. The third kappa shape index (κ3) is 7.27. The van der Waals surface area contributed by atoms with Gasteiger partial charge in [-0.05, 0) is 48.6 Å². The maximum absolute atomic E-state index is 13.9. The molecule has 0 saturated carbocycles. The van der Waals surface area contributed by atoms with Crippen LogP contribution in [-0.2, 0) is 27.3 Å². The average molecular weight is 500 g/mol. The molecule has 4 N–H and O–H groups in total. The van der Waals surface area contributed by atoms with Crippen LogP contribution in [0.15, 0.2) is 48.5 Å². The van der Waals surface area contributed by atoms with E-state index >= 15 is 0 Å². The van der Waals surface area contributed by atoms with Crippen molar-refractivity contribution in [2.45, 2.75) is 64.3 Å². The number of hydrogen-bond donors (Lipinski definition) is 3. The van der Waals surface area contributed by atoms with Crippen LogP contribution >= 0.6 is 0 Å². The van der Waals surface area contributed by atoms with Gasteiger partial charge in [0.05, 0.1) is 0 Å². The Morgan fingerprint density at radius 3 is 2.50 bits per heavy atom. The third-order valence-corrected chi connectivity index (χ3v) is 6.25. The minimum atomic E-state index is -1.02. The van der Waals surface area contributed by atoms with Gasteiger partial charge in [-0.2, -0.15) is 0 Å². The van der Waals surface area contributed by atoms with Crippen LogP contribution in [-0.4, -0.2) is 52.5 Å². The fraction of sp³-hybridized carbons (Fsp3) is 0.444. The van der Waals surface area contributed by atoms with E-state index in [4.69, 9.17) is 10.5 Å². The Hall–Kier alpha value is -3.46. The average Bonchev–Trinajstić information content (AvgIpc) is 3.33. The Morgan fingerprint density at radius 1 is 1.17 bits per heavy atom. The van der Waals surface area contributed by atoms with Crippen molar-refractivity contribution in [2.75, 3.05) is 6.54 Å². The Kier molecular flexibility index (Phi) is 9.41. The number of likely N-dealkylation sites (tertiary alicyclic amines) is 1. The largest absolute Gasteiger partial charge is 0.478 e. The molecular weight excluding hydrogens is 465 g/mol. The van der Waals surface area contributed by atoms with Gasteiger partial charge in [0.25, 0.3) is 0 Å².